The second-order valence-electron chi connectivity index (χ2n) is 9.69. The zero-order valence-corrected chi connectivity index (χ0v) is 22.4. The maximum Gasteiger partial charge on any atom is 0.417 e. The molecule has 214 valence electrons. The average molecular weight is 561 g/mol. The number of ether oxygens (including phenoxy) is 2. The molecule has 40 heavy (non-hydrogen) atoms. The molecule has 3 aromatic rings. The largest absolute Gasteiger partial charge is 0.458 e. The highest BCUT2D eigenvalue weighted by atomic mass is 19.4. The Morgan fingerprint density at radius 2 is 1.85 bits per heavy atom. The molecule has 0 atom stereocenters. The molecule has 0 spiro atoms. The summed E-state index contributed by atoms with van der Waals surface area (Å²) in [6.45, 7) is 7.38. The summed E-state index contributed by atoms with van der Waals surface area (Å²) in [4.78, 5) is 31.0. The van der Waals surface area contributed by atoms with E-state index in [2.05, 4.69) is 30.6 Å². The van der Waals surface area contributed by atoms with Gasteiger partial charge in [0.25, 0.3) is 0 Å². The van der Waals surface area contributed by atoms with Crippen LogP contribution in [0.1, 0.15) is 32.8 Å². The molecule has 1 aliphatic heterocycles. The lowest BCUT2D eigenvalue weighted by Crippen LogP contribution is -2.37. The van der Waals surface area contributed by atoms with E-state index in [1.54, 1.807) is 12.1 Å². The van der Waals surface area contributed by atoms with Gasteiger partial charge in [0.1, 0.15) is 29.6 Å². The zero-order chi connectivity index (χ0) is 28.9. The van der Waals surface area contributed by atoms with Crippen molar-refractivity contribution in [2.75, 3.05) is 54.1 Å². The third-order valence-electron chi connectivity index (χ3n) is 6.21. The number of aromatic nitrogens is 4. The molecule has 1 fully saturated rings. The number of anilines is 5. The number of nitrogens with zero attached hydrogens (tertiary/aromatic N) is 5. The fourth-order valence-corrected chi connectivity index (χ4v) is 3.75. The third kappa shape index (κ3) is 7.46. The SMILES string of the molecule is CCC(C)(C)OC(=O)CNc1ccc(Nc2cc(-c3cnc(N)cc3C(F)(F)F)nc(N3CCOCC3)n2)cn1. The van der Waals surface area contributed by atoms with Crippen molar-refractivity contribution in [1.82, 2.24) is 19.9 Å². The molecule has 1 aliphatic rings. The number of alkyl halides is 3. The first-order valence-electron chi connectivity index (χ1n) is 12.7. The number of hydrogen-bond acceptors (Lipinski definition) is 11. The van der Waals surface area contributed by atoms with Gasteiger partial charge in [-0.3, -0.25) is 4.79 Å². The molecule has 0 amide bonds. The lowest BCUT2D eigenvalue weighted by molar-refractivity contribution is -0.154. The first-order valence-corrected chi connectivity index (χ1v) is 12.7. The van der Waals surface area contributed by atoms with Gasteiger partial charge in [-0.25, -0.2) is 15.0 Å². The minimum Gasteiger partial charge on any atom is -0.458 e. The Kier molecular flexibility index (Phi) is 8.57. The molecule has 1 saturated heterocycles. The predicted molar refractivity (Wildman–Crippen MR) is 144 cm³/mol. The van der Waals surface area contributed by atoms with Crippen LogP contribution < -0.4 is 21.3 Å². The van der Waals surface area contributed by atoms with Crippen molar-refractivity contribution in [3.05, 3.63) is 42.2 Å². The number of pyridine rings is 2. The number of esters is 1. The van der Waals surface area contributed by atoms with Gasteiger partial charge < -0.3 is 30.7 Å². The number of morpholine rings is 1. The maximum absolute atomic E-state index is 13.9. The summed E-state index contributed by atoms with van der Waals surface area (Å²) >= 11 is 0. The standard InChI is InChI=1S/C26H31F3N8O3/c1-4-25(2,3)40-23(38)15-33-21-6-5-16(13-32-21)34-22-12-19(35-24(36-22)37-7-9-39-10-8-37)17-14-31-20(30)11-18(17)26(27,28)29/h5-6,11-14H,4,7-10,15H2,1-3H3,(H2,30,31)(H,32,33)(H,34,35,36). The van der Waals surface area contributed by atoms with Gasteiger partial charge in [-0.2, -0.15) is 18.2 Å². The summed E-state index contributed by atoms with van der Waals surface area (Å²) in [5.41, 5.74) is 4.36. The van der Waals surface area contributed by atoms with Crippen LogP contribution in [0.4, 0.5) is 42.3 Å². The maximum atomic E-state index is 13.9. The number of hydrogen-bond donors (Lipinski definition) is 3. The summed E-state index contributed by atoms with van der Waals surface area (Å²) in [6, 6.07) is 5.54. The van der Waals surface area contributed by atoms with Crippen molar-refractivity contribution < 1.29 is 27.4 Å². The van der Waals surface area contributed by atoms with Crippen LogP contribution >= 0.6 is 0 Å². The number of nitrogens with two attached hydrogens (primary N) is 1. The van der Waals surface area contributed by atoms with Gasteiger partial charge in [0.05, 0.1) is 36.4 Å². The van der Waals surface area contributed by atoms with E-state index in [4.69, 9.17) is 15.2 Å². The van der Waals surface area contributed by atoms with Gasteiger partial charge in [0.15, 0.2) is 0 Å². The quantitative estimate of drug-likeness (QED) is 0.323. The molecule has 0 saturated carbocycles. The van der Waals surface area contributed by atoms with Crippen LogP contribution in [-0.2, 0) is 20.4 Å². The normalized spacial score (nSPS) is 14.1. The van der Waals surface area contributed by atoms with Crippen molar-refractivity contribution in [2.24, 2.45) is 0 Å². The molecule has 0 aromatic carbocycles. The molecule has 4 N–H and O–H groups in total. The van der Waals surface area contributed by atoms with E-state index >= 15 is 0 Å². The van der Waals surface area contributed by atoms with Gasteiger partial charge in [0, 0.05) is 30.9 Å². The first kappa shape index (κ1) is 28.8. The number of halogens is 3. The van der Waals surface area contributed by atoms with Gasteiger partial charge in [-0.15, -0.1) is 0 Å². The van der Waals surface area contributed by atoms with Crippen molar-refractivity contribution in [1.29, 1.82) is 0 Å². The van der Waals surface area contributed by atoms with E-state index in [1.165, 1.54) is 12.3 Å². The number of nitrogens with one attached hydrogen (secondary N) is 2. The van der Waals surface area contributed by atoms with Crippen molar-refractivity contribution in [3.63, 3.8) is 0 Å². The van der Waals surface area contributed by atoms with Crippen LogP contribution in [0, 0.1) is 0 Å². The van der Waals surface area contributed by atoms with E-state index in [1.807, 2.05) is 25.7 Å². The molecule has 11 nitrogen and oxygen atoms in total. The summed E-state index contributed by atoms with van der Waals surface area (Å²) in [7, 11) is 0. The topological polar surface area (TPSA) is 140 Å². The Morgan fingerprint density at radius 3 is 2.50 bits per heavy atom. The van der Waals surface area contributed by atoms with Gasteiger partial charge >= 0.3 is 12.1 Å². The fourth-order valence-electron chi connectivity index (χ4n) is 3.75. The molecule has 4 rings (SSSR count). The van der Waals surface area contributed by atoms with E-state index < -0.39 is 23.3 Å². The van der Waals surface area contributed by atoms with Gasteiger partial charge in [-0.05, 0) is 38.5 Å². The molecule has 14 heteroatoms. The highest BCUT2D eigenvalue weighted by Gasteiger charge is 2.35. The van der Waals surface area contributed by atoms with Crippen LogP contribution in [0.25, 0.3) is 11.3 Å². The van der Waals surface area contributed by atoms with Crippen LogP contribution in [0.2, 0.25) is 0 Å². The Labute approximate surface area is 229 Å². The summed E-state index contributed by atoms with van der Waals surface area (Å²) in [5, 5.41) is 5.99. The van der Waals surface area contributed by atoms with Crippen LogP contribution in [0.3, 0.4) is 0 Å². The monoisotopic (exact) mass is 560 g/mol. The second-order valence-corrected chi connectivity index (χ2v) is 9.69. The average Bonchev–Trinajstić information content (AvgIpc) is 2.92. The van der Waals surface area contributed by atoms with Crippen molar-refractivity contribution in [2.45, 2.75) is 39.0 Å². The Balaban J connectivity index is 1.58. The number of nitrogen functional groups attached to an aromatic ring is 1. The third-order valence-corrected chi connectivity index (χ3v) is 6.21. The molecule has 0 radical (unpaired) electrons. The summed E-state index contributed by atoms with van der Waals surface area (Å²) in [6.07, 6.45) is -1.43. The Hall–Kier alpha value is -4.20. The Bertz CT molecular complexity index is 1330. The van der Waals surface area contributed by atoms with Crippen molar-refractivity contribution in [3.8, 4) is 11.3 Å². The van der Waals surface area contributed by atoms with E-state index in [0.717, 1.165) is 12.3 Å². The van der Waals surface area contributed by atoms with Gasteiger partial charge in [-0.1, -0.05) is 6.92 Å². The predicted octanol–water partition coefficient (Wildman–Crippen LogP) is 4.26. The lowest BCUT2D eigenvalue weighted by atomic mass is 10.1. The fraction of sp³-hybridized carbons (Fsp3) is 0.423. The summed E-state index contributed by atoms with van der Waals surface area (Å²) in [5.74, 6) is 0.281. The molecule has 4 heterocycles. The molecule has 3 aromatic heterocycles. The van der Waals surface area contributed by atoms with E-state index in [-0.39, 0.29) is 35.4 Å². The minimum atomic E-state index is -4.67. The molecular formula is C26H31F3N8O3. The van der Waals surface area contributed by atoms with Crippen LogP contribution in [0.15, 0.2) is 36.7 Å². The Morgan fingerprint density at radius 1 is 1.10 bits per heavy atom. The molecular weight excluding hydrogens is 529 g/mol. The highest BCUT2D eigenvalue weighted by molar-refractivity contribution is 5.75. The number of rotatable bonds is 9. The lowest BCUT2D eigenvalue weighted by Gasteiger charge is -2.27. The van der Waals surface area contributed by atoms with Gasteiger partial charge in [0.2, 0.25) is 5.95 Å². The first-order chi connectivity index (χ1) is 18.9. The number of carbonyl (C=O) groups excluding carboxylic acids is 1. The van der Waals surface area contributed by atoms with E-state index in [0.29, 0.717) is 44.2 Å². The summed E-state index contributed by atoms with van der Waals surface area (Å²) < 4.78 is 52.4. The molecule has 0 aliphatic carbocycles. The van der Waals surface area contributed by atoms with E-state index in [9.17, 15) is 18.0 Å². The zero-order valence-electron chi connectivity index (χ0n) is 22.4. The van der Waals surface area contributed by atoms with Crippen LogP contribution in [-0.4, -0.2) is 64.4 Å². The molecule has 0 unspecified atom stereocenters. The van der Waals surface area contributed by atoms with Crippen LogP contribution in [0.5, 0.6) is 0 Å². The molecule has 0 bridgehead atoms. The second kappa shape index (κ2) is 11.9. The smallest absolute Gasteiger partial charge is 0.417 e. The minimum absolute atomic E-state index is 0.0265. The number of carbonyl (C=O) groups is 1. The highest BCUT2D eigenvalue weighted by Crippen LogP contribution is 2.38. The van der Waals surface area contributed by atoms with Crippen molar-refractivity contribution >= 4 is 35.1 Å².